The van der Waals surface area contributed by atoms with E-state index in [9.17, 15) is 14.7 Å². The van der Waals surface area contributed by atoms with E-state index >= 15 is 0 Å². The third-order valence-corrected chi connectivity index (χ3v) is 5.85. The first-order valence-electron chi connectivity index (χ1n) is 10.8. The summed E-state index contributed by atoms with van der Waals surface area (Å²) >= 11 is 0. The highest BCUT2D eigenvalue weighted by Gasteiger charge is 2.21. The van der Waals surface area contributed by atoms with Crippen LogP contribution in [0.5, 0.6) is 5.75 Å². The maximum atomic E-state index is 12.0. The van der Waals surface area contributed by atoms with Crippen LogP contribution >= 0.6 is 0 Å². The minimum Gasteiger partial charge on any atom is -0.545 e. The van der Waals surface area contributed by atoms with Gasteiger partial charge in [-0.05, 0) is 41.3 Å². The summed E-state index contributed by atoms with van der Waals surface area (Å²) < 4.78 is 13.6. The number of fused-ring (bicyclic) bond motifs is 4. The smallest absolute Gasteiger partial charge is 0.308 e. The van der Waals surface area contributed by atoms with Crippen LogP contribution < -0.4 is 19.8 Å². The summed E-state index contributed by atoms with van der Waals surface area (Å²) in [4.78, 5) is 23.4. The lowest BCUT2D eigenvalue weighted by atomic mass is 9.90. The summed E-state index contributed by atoms with van der Waals surface area (Å²) in [6.07, 6.45) is 0. The van der Waals surface area contributed by atoms with Gasteiger partial charge >= 0.3 is 5.97 Å². The molecule has 1 aliphatic carbocycles. The molecule has 3 aromatic carbocycles. The molecule has 0 aromatic heterocycles. The van der Waals surface area contributed by atoms with E-state index in [1.54, 1.807) is 30.3 Å². The zero-order valence-corrected chi connectivity index (χ0v) is 18.9. The number of aromatic carboxylic acids is 1. The number of esters is 1. The zero-order valence-electron chi connectivity index (χ0n) is 18.9. The molecule has 6 heteroatoms. The largest absolute Gasteiger partial charge is 0.545 e. The number of carbonyl (C=O) groups is 2. The molecular weight excluding hydrogens is 430 g/mol. The average Bonchev–Trinajstić information content (AvgIpc) is 2.81. The van der Waals surface area contributed by atoms with E-state index in [1.807, 2.05) is 61.1 Å². The van der Waals surface area contributed by atoms with Crippen LogP contribution in [-0.4, -0.2) is 26.0 Å². The maximum absolute atomic E-state index is 12.0. The van der Waals surface area contributed by atoms with Gasteiger partial charge in [0.15, 0.2) is 0 Å². The minimum absolute atomic E-state index is 0.110. The van der Waals surface area contributed by atoms with Gasteiger partial charge in [-0.25, -0.2) is 4.58 Å². The van der Waals surface area contributed by atoms with Crippen molar-refractivity contribution in [2.24, 2.45) is 0 Å². The van der Waals surface area contributed by atoms with Crippen LogP contribution in [-0.2, 0) is 4.79 Å². The second-order valence-corrected chi connectivity index (χ2v) is 8.30. The SMILES string of the molecule is CC(=O)Oc1ccc2c(ccc3c(-c4ccccc4C(=O)[O-])c4ccc(=[N+](C)C)cc-4oc32)c1. The number of carboxylic acids is 1. The lowest BCUT2D eigenvalue weighted by molar-refractivity contribution is -0.254. The average molecular weight is 451 g/mol. The molecule has 1 aliphatic heterocycles. The molecule has 0 unspecified atom stereocenters. The lowest BCUT2D eigenvalue weighted by Crippen LogP contribution is -2.23. The summed E-state index contributed by atoms with van der Waals surface area (Å²) in [5.41, 5.74) is 2.83. The van der Waals surface area contributed by atoms with Crippen molar-refractivity contribution in [3.8, 4) is 28.2 Å². The Hall–Kier alpha value is -4.45. The predicted molar refractivity (Wildman–Crippen MR) is 129 cm³/mol. The Bertz CT molecular complexity index is 1660. The molecule has 0 radical (unpaired) electrons. The first-order chi connectivity index (χ1) is 16.3. The van der Waals surface area contributed by atoms with Crippen molar-refractivity contribution in [2.75, 3.05) is 14.1 Å². The van der Waals surface area contributed by atoms with Crippen molar-refractivity contribution in [1.82, 2.24) is 4.58 Å². The molecule has 0 N–H and O–H groups in total. The molecule has 0 atom stereocenters. The Morgan fingerprint density at radius 3 is 2.38 bits per heavy atom. The number of benzene rings is 4. The standard InChI is InChI=1S/C28H21NO5/c1-16(30)33-19-10-13-20-17(14-19)8-11-24-26(21-6-4-5-7-22(21)28(31)32)23-12-9-18(29(2)3)15-25(23)34-27(20)24/h4-15H,1-3H3. The molecule has 0 fully saturated rings. The van der Waals surface area contributed by atoms with Gasteiger partial charge in [-0.3, -0.25) is 4.79 Å². The number of rotatable bonds is 3. The lowest BCUT2D eigenvalue weighted by Gasteiger charge is -2.19. The highest BCUT2D eigenvalue weighted by molar-refractivity contribution is 6.14. The van der Waals surface area contributed by atoms with E-state index in [0.29, 0.717) is 22.7 Å². The maximum Gasteiger partial charge on any atom is 0.308 e. The summed E-state index contributed by atoms with van der Waals surface area (Å²) in [5, 5.41) is 15.3. The van der Waals surface area contributed by atoms with Crippen molar-refractivity contribution < 1.29 is 23.8 Å². The first-order valence-corrected chi connectivity index (χ1v) is 10.8. The third kappa shape index (κ3) is 3.59. The Morgan fingerprint density at radius 2 is 1.65 bits per heavy atom. The number of carboxylic acid groups (broad SMARTS) is 1. The van der Waals surface area contributed by atoms with E-state index in [1.165, 1.54) is 6.92 Å². The van der Waals surface area contributed by atoms with Crippen LogP contribution in [0.3, 0.4) is 0 Å². The van der Waals surface area contributed by atoms with E-state index in [4.69, 9.17) is 9.15 Å². The molecule has 0 spiro atoms. The van der Waals surface area contributed by atoms with Gasteiger partial charge < -0.3 is 19.1 Å². The van der Waals surface area contributed by atoms with Gasteiger partial charge in [0.2, 0.25) is 5.36 Å². The zero-order chi connectivity index (χ0) is 24.0. The van der Waals surface area contributed by atoms with Gasteiger partial charge in [0, 0.05) is 40.5 Å². The van der Waals surface area contributed by atoms with Crippen molar-refractivity contribution in [3.05, 3.63) is 83.7 Å². The molecule has 2 aliphatic rings. The van der Waals surface area contributed by atoms with Crippen LogP contribution in [0.15, 0.2) is 77.2 Å². The molecule has 3 aromatic rings. The Balaban J connectivity index is 1.94. The van der Waals surface area contributed by atoms with Gasteiger partial charge in [0.1, 0.15) is 31.2 Å². The number of hydrogen-bond donors (Lipinski definition) is 0. The third-order valence-electron chi connectivity index (χ3n) is 5.85. The Morgan fingerprint density at radius 1 is 0.882 bits per heavy atom. The fourth-order valence-corrected chi connectivity index (χ4v) is 4.32. The summed E-state index contributed by atoms with van der Waals surface area (Å²) in [7, 11) is 3.89. The quantitative estimate of drug-likeness (QED) is 0.137. The molecule has 0 saturated carbocycles. The molecule has 34 heavy (non-hydrogen) atoms. The van der Waals surface area contributed by atoms with Crippen LogP contribution in [0, 0.1) is 0 Å². The van der Waals surface area contributed by atoms with Crippen molar-refractivity contribution in [3.63, 3.8) is 0 Å². The van der Waals surface area contributed by atoms with E-state index in [2.05, 4.69) is 0 Å². The molecular formula is C28H21NO5. The Kier molecular flexibility index (Phi) is 5.13. The minimum atomic E-state index is -1.24. The molecule has 1 heterocycles. The van der Waals surface area contributed by atoms with Crippen molar-refractivity contribution >= 4 is 33.7 Å². The monoisotopic (exact) mass is 451 g/mol. The first kappa shape index (κ1) is 21.4. The summed E-state index contributed by atoms with van der Waals surface area (Å²) in [6.45, 7) is 1.36. The topological polar surface area (TPSA) is 82.6 Å². The van der Waals surface area contributed by atoms with Gasteiger partial charge in [0.05, 0.1) is 12.0 Å². The second kappa shape index (κ2) is 8.15. The highest BCUT2D eigenvalue weighted by Crippen LogP contribution is 2.43. The predicted octanol–water partition coefficient (Wildman–Crippen LogP) is 3.68. The van der Waals surface area contributed by atoms with E-state index < -0.39 is 11.9 Å². The van der Waals surface area contributed by atoms with Crippen LogP contribution in [0.1, 0.15) is 17.3 Å². The highest BCUT2D eigenvalue weighted by atomic mass is 16.5. The van der Waals surface area contributed by atoms with Crippen LogP contribution in [0.4, 0.5) is 0 Å². The summed E-state index contributed by atoms with van der Waals surface area (Å²) in [5.74, 6) is -0.571. The molecule has 6 nitrogen and oxygen atoms in total. The van der Waals surface area contributed by atoms with Gasteiger partial charge in [0.25, 0.3) is 0 Å². The van der Waals surface area contributed by atoms with Crippen LogP contribution in [0.2, 0.25) is 0 Å². The molecule has 0 bridgehead atoms. The molecule has 0 amide bonds. The normalized spacial score (nSPS) is 11.1. The summed E-state index contributed by atoms with van der Waals surface area (Å²) in [6, 6.07) is 21.8. The number of carbonyl (C=O) groups excluding carboxylic acids is 2. The van der Waals surface area contributed by atoms with E-state index in [0.717, 1.165) is 32.6 Å². The second-order valence-electron chi connectivity index (χ2n) is 8.30. The molecule has 5 rings (SSSR count). The number of nitrogens with zero attached hydrogens (tertiary/aromatic N) is 1. The number of hydrogen-bond acceptors (Lipinski definition) is 5. The van der Waals surface area contributed by atoms with Gasteiger partial charge in [-0.15, -0.1) is 0 Å². The number of ether oxygens (including phenoxy) is 1. The fourth-order valence-electron chi connectivity index (χ4n) is 4.32. The van der Waals surface area contributed by atoms with E-state index in [-0.39, 0.29) is 5.56 Å². The molecule has 0 saturated heterocycles. The fraction of sp³-hybridized carbons (Fsp3) is 0.107. The van der Waals surface area contributed by atoms with Crippen molar-refractivity contribution in [2.45, 2.75) is 6.92 Å². The van der Waals surface area contributed by atoms with Crippen molar-refractivity contribution in [1.29, 1.82) is 0 Å². The van der Waals surface area contributed by atoms with Crippen LogP contribution in [0.25, 0.3) is 44.2 Å². The van der Waals surface area contributed by atoms with Gasteiger partial charge in [-0.1, -0.05) is 30.3 Å². The molecule has 168 valence electrons. The van der Waals surface area contributed by atoms with Gasteiger partial charge in [-0.2, -0.15) is 0 Å². The Labute approximate surface area is 195 Å².